The van der Waals surface area contributed by atoms with E-state index in [0.29, 0.717) is 42.4 Å². The molecule has 1 saturated heterocycles. The summed E-state index contributed by atoms with van der Waals surface area (Å²) in [5, 5.41) is 14.3. The third-order valence-corrected chi connectivity index (χ3v) is 4.41. The molecular weight excluding hydrogens is 339 g/mol. The van der Waals surface area contributed by atoms with Crippen molar-refractivity contribution in [1.29, 1.82) is 0 Å². The number of hydrogen-bond donors (Lipinski definition) is 1. The van der Waals surface area contributed by atoms with Gasteiger partial charge in [-0.15, -0.1) is 0 Å². The summed E-state index contributed by atoms with van der Waals surface area (Å²) in [7, 11) is 1.80. The first-order valence-corrected chi connectivity index (χ1v) is 8.32. The van der Waals surface area contributed by atoms with Gasteiger partial charge < -0.3 is 14.3 Å². The van der Waals surface area contributed by atoms with Crippen molar-refractivity contribution in [1.82, 2.24) is 19.7 Å². The molecule has 2 aromatic heterocycles. The topological polar surface area (TPSA) is 76.5 Å². The molecule has 3 heterocycles. The van der Waals surface area contributed by atoms with Gasteiger partial charge in [-0.3, -0.25) is 9.58 Å². The number of aryl methyl sites for hydroxylation is 1. The van der Waals surface area contributed by atoms with Crippen molar-refractivity contribution in [3.8, 4) is 17.2 Å². The first kappa shape index (κ1) is 16.7. The summed E-state index contributed by atoms with van der Waals surface area (Å²) < 4.78 is 27.1. The molecule has 1 aromatic carbocycles. The molecule has 26 heavy (non-hydrogen) atoms. The molecule has 1 aliphatic rings. The zero-order valence-electron chi connectivity index (χ0n) is 14.2. The van der Waals surface area contributed by atoms with Crippen LogP contribution >= 0.6 is 0 Å². The van der Waals surface area contributed by atoms with Gasteiger partial charge in [0, 0.05) is 37.8 Å². The minimum absolute atomic E-state index is 0.327. The van der Waals surface area contributed by atoms with Gasteiger partial charge in [-0.25, -0.2) is 9.37 Å². The second-order valence-electron chi connectivity index (χ2n) is 6.41. The van der Waals surface area contributed by atoms with Crippen LogP contribution in [0.3, 0.4) is 0 Å². The minimum Gasteiger partial charge on any atom is -0.483 e. The summed E-state index contributed by atoms with van der Waals surface area (Å²) in [6.07, 6.45) is 5.33. The van der Waals surface area contributed by atoms with Gasteiger partial charge in [0.2, 0.25) is 5.89 Å². The molecule has 2 atom stereocenters. The van der Waals surface area contributed by atoms with Gasteiger partial charge in [-0.1, -0.05) is 6.07 Å². The zero-order valence-corrected chi connectivity index (χ0v) is 14.2. The van der Waals surface area contributed by atoms with Crippen LogP contribution in [0.5, 0.6) is 5.75 Å². The predicted molar refractivity (Wildman–Crippen MR) is 90.8 cm³/mol. The molecule has 0 radical (unpaired) electrons. The number of benzene rings is 1. The lowest BCUT2D eigenvalue weighted by Crippen LogP contribution is -2.29. The molecule has 1 fully saturated rings. The van der Waals surface area contributed by atoms with Crippen LogP contribution in [-0.2, 0) is 13.6 Å². The lowest BCUT2D eigenvalue weighted by molar-refractivity contribution is 0.0736. The van der Waals surface area contributed by atoms with Crippen molar-refractivity contribution in [2.75, 3.05) is 13.1 Å². The van der Waals surface area contributed by atoms with E-state index in [2.05, 4.69) is 10.1 Å². The fourth-order valence-corrected chi connectivity index (χ4v) is 3.13. The molecule has 7 nitrogen and oxygen atoms in total. The molecule has 1 N–H and O–H groups in total. The Balaban J connectivity index is 1.41. The average Bonchev–Trinajstić information content (AvgIpc) is 3.33. The van der Waals surface area contributed by atoms with E-state index in [4.69, 9.17) is 9.15 Å². The zero-order chi connectivity index (χ0) is 18.1. The number of hydrogen-bond acceptors (Lipinski definition) is 6. The van der Waals surface area contributed by atoms with Gasteiger partial charge in [0.15, 0.2) is 5.75 Å². The standard InChI is InChI=1S/C18H19FN4O3/c1-22-9-14(7-21-22)26-17-11-23(10-16(17)24)8-13-3-2-12(6-15(13)19)18-20-4-5-25-18/h2-7,9,16-17,24H,8,10-11H2,1H3/t16-,17-/m1/s1. The lowest BCUT2D eigenvalue weighted by Gasteiger charge is -2.16. The number of likely N-dealkylation sites (tertiary alicyclic amines) is 1. The smallest absolute Gasteiger partial charge is 0.225 e. The van der Waals surface area contributed by atoms with Gasteiger partial charge in [0.25, 0.3) is 0 Å². The van der Waals surface area contributed by atoms with Crippen LogP contribution in [-0.4, -0.2) is 50.1 Å². The molecule has 3 aromatic rings. The first-order valence-electron chi connectivity index (χ1n) is 8.32. The Hall–Kier alpha value is -2.71. The minimum atomic E-state index is -0.634. The molecule has 0 spiro atoms. The summed E-state index contributed by atoms with van der Waals surface area (Å²) in [5.74, 6) is 0.670. The monoisotopic (exact) mass is 358 g/mol. The van der Waals surface area contributed by atoms with Crippen LogP contribution in [0.15, 0.2) is 47.5 Å². The highest BCUT2D eigenvalue weighted by molar-refractivity contribution is 5.53. The highest BCUT2D eigenvalue weighted by Gasteiger charge is 2.33. The fraction of sp³-hybridized carbons (Fsp3) is 0.333. The number of aromatic nitrogens is 3. The number of oxazole rings is 1. The van der Waals surface area contributed by atoms with E-state index in [1.54, 1.807) is 36.3 Å². The summed E-state index contributed by atoms with van der Waals surface area (Å²) in [6, 6.07) is 4.91. The second kappa shape index (κ2) is 6.89. The van der Waals surface area contributed by atoms with Crippen molar-refractivity contribution < 1.29 is 18.7 Å². The number of halogens is 1. The molecule has 0 aliphatic carbocycles. The predicted octanol–water partition coefficient (Wildman–Crippen LogP) is 1.84. The normalized spacial score (nSPS) is 20.6. The molecule has 8 heteroatoms. The van der Waals surface area contributed by atoms with Gasteiger partial charge >= 0.3 is 0 Å². The van der Waals surface area contributed by atoms with Crippen LogP contribution < -0.4 is 4.74 Å². The number of aliphatic hydroxyl groups excluding tert-OH is 1. The third kappa shape index (κ3) is 3.47. The number of rotatable bonds is 5. The van der Waals surface area contributed by atoms with E-state index in [0.717, 1.165) is 0 Å². The molecule has 1 aliphatic heterocycles. The van der Waals surface area contributed by atoms with Crippen molar-refractivity contribution in [3.63, 3.8) is 0 Å². The van der Waals surface area contributed by atoms with E-state index in [1.165, 1.54) is 18.5 Å². The SMILES string of the molecule is Cn1cc(O[C@@H]2CN(Cc3ccc(-c4ncco4)cc3F)C[C@H]2O)cn1. The fourth-order valence-electron chi connectivity index (χ4n) is 3.13. The Morgan fingerprint density at radius 1 is 1.38 bits per heavy atom. The Morgan fingerprint density at radius 2 is 2.27 bits per heavy atom. The van der Waals surface area contributed by atoms with E-state index in [9.17, 15) is 9.50 Å². The highest BCUT2D eigenvalue weighted by Crippen LogP contribution is 2.24. The van der Waals surface area contributed by atoms with Crippen molar-refractivity contribution in [2.24, 2.45) is 7.05 Å². The molecule has 4 rings (SSSR count). The van der Waals surface area contributed by atoms with Crippen LogP contribution in [0.4, 0.5) is 4.39 Å². The van der Waals surface area contributed by atoms with Gasteiger partial charge in [-0.2, -0.15) is 5.10 Å². The number of aliphatic hydroxyl groups is 1. The summed E-state index contributed by atoms with van der Waals surface area (Å²) >= 11 is 0. The Bertz CT molecular complexity index is 880. The number of nitrogens with zero attached hydrogens (tertiary/aromatic N) is 4. The van der Waals surface area contributed by atoms with E-state index in [-0.39, 0.29) is 11.9 Å². The summed E-state index contributed by atoms with van der Waals surface area (Å²) in [6.45, 7) is 1.32. The molecule has 0 unspecified atom stereocenters. The molecule has 0 bridgehead atoms. The number of β-amino-alcohol motifs (C(OH)–C–C–N with tert-alkyl or cyclic N) is 1. The Morgan fingerprint density at radius 3 is 2.96 bits per heavy atom. The maximum atomic E-state index is 14.4. The van der Waals surface area contributed by atoms with Crippen molar-refractivity contribution in [2.45, 2.75) is 18.8 Å². The first-order chi connectivity index (χ1) is 12.6. The van der Waals surface area contributed by atoms with Gasteiger partial charge in [0.1, 0.15) is 24.3 Å². The molecule has 0 amide bonds. The summed E-state index contributed by atoms with van der Waals surface area (Å²) in [5.41, 5.74) is 1.14. The quantitative estimate of drug-likeness (QED) is 0.750. The van der Waals surface area contributed by atoms with E-state index in [1.807, 2.05) is 4.90 Å². The van der Waals surface area contributed by atoms with Crippen LogP contribution in [0.2, 0.25) is 0 Å². The largest absolute Gasteiger partial charge is 0.483 e. The van der Waals surface area contributed by atoms with Crippen LogP contribution in [0, 0.1) is 5.82 Å². The third-order valence-electron chi connectivity index (χ3n) is 4.41. The molecule has 0 saturated carbocycles. The average molecular weight is 358 g/mol. The second-order valence-corrected chi connectivity index (χ2v) is 6.41. The van der Waals surface area contributed by atoms with Crippen molar-refractivity contribution >= 4 is 0 Å². The Kier molecular flexibility index (Phi) is 4.44. The van der Waals surface area contributed by atoms with Gasteiger partial charge in [0.05, 0.1) is 18.6 Å². The Labute approximate surface area is 149 Å². The van der Waals surface area contributed by atoms with Crippen LogP contribution in [0.1, 0.15) is 5.56 Å². The van der Waals surface area contributed by atoms with Crippen molar-refractivity contribution in [3.05, 3.63) is 54.4 Å². The number of ether oxygens (including phenoxy) is 1. The maximum absolute atomic E-state index is 14.4. The van der Waals surface area contributed by atoms with E-state index < -0.39 is 6.10 Å². The molecule has 136 valence electrons. The summed E-state index contributed by atoms with van der Waals surface area (Å²) in [4.78, 5) is 5.99. The maximum Gasteiger partial charge on any atom is 0.225 e. The highest BCUT2D eigenvalue weighted by atomic mass is 19.1. The molecular formula is C18H19FN4O3. The lowest BCUT2D eigenvalue weighted by atomic mass is 10.1. The van der Waals surface area contributed by atoms with Crippen LogP contribution in [0.25, 0.3) is 11.5 Å². The van der Waals surface area contributed by atoms with E-state index >= 15 is 0 Å². The van der Waals surface area contributed by atoms with Gasteiger partial charge in [-0.05, 0) is 12.1 Å².